The highest BCUT2D eigenvalue weighted by atomic mass is 16.2. The number of carbonyl (C=O) groups is 1. The molecular formula is C16H23N3O. The Bertz CT molecular complexity index is 442. The van der Waals surface area contributed by atoms with Crippen LogP contribution >= 0.6 is 0 Å². The molecule has 1 aromatic rings. The molecule has 0 bridgehead atoms. The molecule has 3 rings (SSSR count). The number of hydrazine groups is 1. The normalized spacial score (nSPS) is 27.4. The van der Waals surface area contributed by atoms with Gasteiger partial charge in [-0.1, -0.05) is 49.6 Å². The van der Waals surface area contributed by atoms with Gasteiger partial charge in [-0.15, -0.1) is 0 Å². The summed E-state index contributed by atoms with van der Waals surface area (Å²) in [4.78, 5) is 12.2. The largest absolute Gasteiger partial charge is 0.339 e. The fourth-order valence-electron chi connectivity index (χ4n) is 3.21. The zero-order valence-electron chi connectivity index (χ0n) is 11.8. The molecule has 1 aliphatic heterocycles. The van der Waals surface area contributed by atoms with Gasteiger partial charge >= 0.3 is 0 Å². The molecule has 3 N–H and O–H groups in total. The highest BCUT2D eigenvalue weighted by molar-refractivity contribution is 5.79. The second-order valence-corrected chi connectivity index (χ2v) is 5.88. The molecule has 108 valence electrons. The van der Waals surface area contributed by atoms with Gasteiger partial charge in [0.2, 0.25) is 5.91 Å². The molecule has 4 nitrogen and oxygen atoms in total. The number of hydrogen-bond acceptors (Lipinski definition) is 3. The topological polar surface area (TPSA) is 53.2 Å². The van der Waals surface area contributed by atoms with Gasteiger partial charge in [0.15, 0.2) is 0 Å². The molecule has 2 unspecified atom stereocenters. The first kappa shape index (κ1) is 13.6. The first-order chi connectivity index (χ1) is 9.83. The Morgan fingerprint density at radius 2 is 1.80 bits per heavy atom. The molecule has 2 aliphatic rings. The fourth-order valence-corrected chi connectivity index (χ4v) is 3.21. The number of rotatable bonds is 3. The van der Waals surface area contributed by atoms with E-state index in [0.29, 0.717) is 0 Å². The molecule has 0 aromatic heterocycles. The third-order valence-electron chi connectivity index (χ3n) is 4.40. The third kappa shape index (κ3) is 3.19. The van der Waals surface area contributed by atoms with Crippen molar-refractivity contribution in [1.29, 1.82) is 0 Å². The van der Waals surface area contributed by atoms with Crippen molar-refractivity contribution < 1.29 is 4.79 Å². The lowest BCUT2D eigenvalue weighted by Gasteiger charge is -2.22. The zero-order valence-corrected chi connectivity index (χ0v) is 11.8. The minimum absolute atomic E-state index is 0.0367. The monoisotopic (exact) mass is 273 g/mol. The Morgan fingerprint density at radius 3 is 2.55 bits per heavy atom. The van der Waals surface area contributed by atoms with Gasteiger partial charge in [0, 0.05) is 18.4 Å². The molecule has 4 heteroatoms. The maximum absolute atomic E-state index is 12.2. The van der Waals surface area contributed by atoms with E-state index in [9.17, 15) is 4.79 Å². The van der Waals surface area contributed by atoms with Crippen molar-refractivity contribution in [2.24, 2.45) is 5.92 Å². The number of benzene rings is 1. The number of nitrogens with one attached hydrogen (secondary N) is 3. The van der Waals surface area contributed by atoms with E-state index < -0.39 is 0 Å². The van der Waals surface area contributed by atoms with E-state index in [1.54, 1.807) is 0 Å². The van der Waals surface area contributed by atoms with Crippen molar-refractivity contribution in [3.63, 3.8) is 0 Å². The van der Waals surface area contributed by atoms with Crippen LogP contribution in [0.25, 0.3) is 0 Å². The molecule has 20 heavy (non-hydrogen) atoms. The molecule has 2 atom stereocenters. The Labute approximate surface area is 120 Å². The van der Waals surface area contributed by atoms with Gasteiger partial charge in [0.25, 0.3) is 0 Å². The lowest BCUT2D eigenvalue weighted by molar-refractivity contribution is -0.126. The second kappa shape index (κ2) is 6.37. The predicted octanol–water partition coefficient (Wildman–Crippen LogP) is 2.25. The van der Waals surface area contributed by atoms with Crippen molar-refractivity contribution in [3.05, 3.63) is 35.9 Å². The SMILES string of the molecule is O=C(NC1CC(c2ccccc2)NN1)C1CCCCC1. The zero-order chi connectivity index (χ0) is 13.8. The first-order valence-corrected chi connectivity index (χ1v) is 7.69. The molecule has 1 heterocycles. The van der Waals surface area contributed by atoms with Gasteiger partial charge in [0.05, 0.1) is 6.17 Å². The molecule has 1 saturated heterocycles. The summed E-state index contributed by atoms with van der Waals surface area (Å²) in [6.45, 7) is 0. The Kier molecular flexibility index (Phi) is 4.33. The second-order valence-electron chi connectivity index (χ2n) is 5.88. The highest BCUT2D eigenvalue weighted by Gasteiger charge is 2.28. The van der Waals surface area contributed by atoms with Crippen LogP contribution in [-0.2, 0) is 4.79 Å². The highest BCUT2D eigenvalue weighted by Crippen LogP contribution is 2.25. The minimum atomic E-state index is 0.0367. The molecule has 1 amide bonds. The van der Waals surface area contributed by atoms with Crippen LogP contribution in [0, 0.1) is 5.92 Å². The number of hydrogen-bond donors (Lipinski definition) is 3. The van der Waals surface area contributed by atoms with Crippen LogP contribution in [0.2, 0.25) is 0 Å². The summed E-state index contributed by atoms with van der Waals surface area (Å²) in [5, 5.41) is 3.14. The Balaban J connectivity index is 1.51. The molecule has 0 radical (unpaired) electrons. The quantitative estimate of drug-likeness (QED) is 0.791. The van der Waals surface area contributed by atoms with Gasteiger partial charge in [-0.2, -0.15) is 0 Å². The van der Waals surface area contributed by atoms with E-state index in [1.165, 1.54) is 24.8 Å². The van der Waals surface area contributed by atoms with Crippen LogP contribution in [0.5, 0.6) is 0 Å². The van der Waals surface area contributed by atoms with Crippen LogP contribution in [-0.4, -0.2) is 12.1 Å². The van der Waals surface area contributed by atoms with Crippen LogP contribution in [0.15, 0.2) is 30.3 Å². The maximum atomic E-state index is 12.2. The summed E-state index contributed by atoms with van der Waals surface area (Å²) in [6.07, 6.45) is 6.70. The summed E-state index contributed by atoms with van der Waals surface area (Å²) in [5.41, 5.74) is 7.72. The van der Waals surface area contributed by atoms with Crippen molar-refractivity contribution in [3.8, 4) is 0 Å². The summed E-state index contributed by atoms with van der Waals surface area (Å²) in [5.74, 6) is 0.444. The average Bonchev–Trinajstić information content (AvgIpc) is 2.97. The standard InChI is InChI=1S/C16H23N3O/c20-16(13-9-5-2-6-10-13)17-15-11-14(18-19-15)12-7-3-1-4-8-12/h1,3-4,7-8,13-15,18-19H,2,5-6,9-11H2,(H,17,20). The molecule has 0 spiro atoms. The summed E-state index contributed by atoms with van der Waals surface area (Å²) >= 11 is 0. The Hall–Kier alpha value is -1.39. The molecule has 1 aromatic carbocycles. The lowest BCUT2D eigenvalue weighted by Crippen LogP contribution is -2.46. The van der Waals surface area contributed by atoms with Crippen LogP contribution < -0.4 is 16.2 Å². The van der Waals surface area contributed by atoms with Crippen molar-refractivity contribution in [2.75, 3.05) is 0 Å². The van der Waals surface area contributed by atoms with Crippen LogP contribution in [0.4, 0.5) is 0 Å². The minimum Gasteiger partial charge on any atom is -0.339 e. The molecular weight excluding hydrogens is 250 g/mol. The molecule has 2 fully saturated rings. The van der Waals surface area contributed by atoms with Crippen LogP contribution in [0.3, 0.4) is 0 Å². The van der Waals surface area contributed by atoms with Gasteiger partial charge in [-0.25, -0.2) is 10.9 Å². The molecule has 1 saturated carbocycles. The predicted molar refractivity (Wildman–Crippen MR) is 78.6 cm³/mol. The van der Waals surface area contributed by atoms with E-state index >= 15 is 0 Å². The third-order valence-corrected chi connectivity index (χ3v) is 4.40. The average molecular weight is 273 g/mol. The van der Waals surface area contributed by atoms with Gasteiger partial charge in [-0.3, -0.25) is 4.79 Å². The van der Waals surface area contributed by atoms with Crippen molar-refractivity contribution in [2.45, 2.75) is 50.7 Å². The molecule has 1 aliphatic carbocycles. The maximum Gasteiger partial charge on any atom is 0.224 e. The van der Waals surface area contributed by atoms with Crippen molar-refractivity contribution >= 4 is 5.91 Å². The smallest absolute Gasteiger partial charge is 0.224 e. The summed E-state index contributed by atoms with van der Waals surface area (Å²) in [6, 6.07) is 10.6. The summed E-state index contributed by atoms with van der Waals surface area (Å²) in [7, 11) is 0. The fraction of sp³-hybridized carbons (Fsp3) is 0.562. The van der Waals surface area contributed by atoms with Crippen molar-refractivity contribution in [1.82, 2.24) is 16.2 Å². The van der Waals surface area contributed by atoms with E-state index in [1.807, 2.05) is 18.2 Å². The Morgan fingerprint density at radius 1 is 1.05 bits per heavy atom. The van der Waals surface area contributed by atoms with E-state index in [-0.39, 0.29) is 24.0 Å². The number of carbonyl (C=O) groups excluding carboxylic acids is 1. The van der Waals surface area contributed by atoms with E-state index in [2.05, 4.69) is 28.3 Å². The first-order valence-electron chi connectivity index (χ1n) is 7.69. The van der Waals surface area contributed by atoms with Gasteiger partial charge in [0.1, 0.15) is 0 Å². The lowest BCUT2D eigenvalue weighted by atomic mass is 9.88. The number of amides is 1. The summed E-state index contributed by atoms with van der Waals surface area (Å²) < 4.78 is 0. The van der Waals surface area contributed by atoms with E-state index in [0.717, 1.165) is 19.3 Å². The van der Waals surface area contributed by atoms with E-state index in [4.69, 9.17) is 0 Å². The van der Waals surface area contributed by atoms with Gasteiger partial charge < -0.3 is 5.32 Å². The van der Waals surface area contributed by atoms with Gasteiger partial charge in [-0.05, 0) is 18.4 Å². The van der Waals surface area contributed by atoms with Crippen LogP contribution in [0.1, 0.15) is 50.1 Å².